The molecule has 0 aromatic heterocycles. The van der Waals surface area contributed by atoms with Crippen LogP contribution in [-0.4, -0.2) is 37.8 Å². The number of halogens is 1. The fourth-order valence-electron chi connectivity index (χ4n) is 2.49. The molecule has 0 spiro atoms. The van der Waals surface area contributed by atoms with Crippen LogP contribution in [0.1, 0.15) is 64.2 Å². The molecule has 1 N–H and O–H groups in total. The highest BCUT2D eigenvalue weighted by Crippen LogP contribution is 2.23. The van der Waals surface area contributed by atoms with Crippen LogP contribution in [0.4, 0.5) is 0 Å². The SMILES string of the molecule is CC(C)CCCC(C)NC(=O)c1cc(S(=O)(=O)N(C)C(C)C)ccc1Cl. The summed E-state index contributed by atoms with van der Waals surface area (Å²) < 4.78 is 26.5. The molecule has 26 heavy (non-hydrogen) atoms. The molecule has 1 atom stereocenters. The molecule has 1 aromatic carbocycles. The molecule has 0 bridgehead atoms. The van der Waals surface area contributed by atoms with E-state index < -0.39 is 10.0 Å². The van der Waals surface area contributed by atoms with Crippen LogP contribution >= 0.6 is 11.6 Å². The standard InChI is InChI=1S/C19H31ClN2O3S/c1-13(2)8-7-9-15(5)21-19(23)17-12-16(10-11-18(17)20)26(24,25)22(6)14(3)4/h10-15H,7-9H2,1-6H3,(H,21,23). The van der Waals surface area contributed by atoms with E-state index in [0.717, 1.165) is 19.3 Å². The van der Waals surface area contributed by atoms with Gasteiger partial charge >= 0.3 is 0 Å². The molecule has 0 fully saturated rings. The molecule has 148 valence electrons. The molecule has 7 heteroatoms. The lowest BCUT2D eigenvalue weighted by molar-refractivity contribution is 0.0937. The summed E-state index contributed by atoms with van der Waals surface area (Å²) >= 11 is 6.14. The monoisotopic (exact) mass is 402 g/mol. The molecule has 1 amide bonds. The Hall–Kier alpha value is -1.11. The molecule has 5 nitrogen and oxygen atoms in total. The van der Waals surface area contributed by atoms with Crippen LogP contribution in [0.2, 0.25) is 5.02 Å². The van der Waals surface area contributed by atoms with E-state index in [0.29, 0.717) is 5.92 Å². The zero-order valence-electron chi connectivity index (χ0n) is 16.5. The van der Waals surface area contributed by atoms with Crippen molar-refractivity contribution in [1.82, 2.24) is 9.62 Å². The average Bonchev–Trinajstić information content (AvgIpc) is 2.53. The first-order chi connectivity index (χ1) is 12.0. The number of rotatable bonds is 9. The predicted octanol–water partition coefficient (Wildman–Crippen LogP) is 4.31. The van der Waals surface area contributed by atoms with Crippen molar-refractivity contribution < 1.29 is 13.2 Å². The highest BCUT2D eigenvalue weighted by molar-refractivity contribution is 7.89. The van der Waals surface area contributed by atoms with E-state index in [1.807, 2.05) is 6.92 Å². The quantitative estimate of drug-likeness (QED) is 0.669. The van der Waals surface area contributed by atoms with Crippen LogP contribution < -0.4 is 5.32 Å². The Labute approximate surface area is 163 Å². The Morgan fingerprint density at radius 1 is 1.15 bits per heavy atom. The predicted molar refractivity (Wildman–Crippen MR) is 107 cm³/mol. The largest absolute Gasteiger partial charge is 0.350 e. The molecule has 1 rings (SSSR count). The highest BCUT2D eigenvalue weighted by Gasteiger charge is 2.25. The van der Waals surface area contributed by atoms with Gasteiger partial charge in [-0.25, -0.2) is 8.42 Å². The van der Waals surface area contributed by atoms with Gasteiger partial charge in [0.25, 0.3) is 5.91 Å². The number of benzene rings is 1. The first-order valence-electron chi connectivity index (χ1n) is 9.05. The van der Waals surface area contributed by atoms with Crippen molar-refractivity contribution in [2.45, 2.75) is 70.9 Å². The van der Waals surface area contributed by atoms with E-state index in [-0.39, 0.29) is 33.5 Å². The zero-order valence-corrected chi connectivity index (χ0v) is 18.1. The molecule has 0 saturated heterocycles. The van der Waals surface area contributed by atoms with Crippen molar-refractivity contribution in [3.05, 3.63) is 28.8 Å². The lowest BCUT2D eigenvalue weighted by atomic mass is 10.0. The van der Waals surface area contributed by atoms with Crippen molar-refractivity contribution in [2.24, 2.45) is 5.92 Å². The highest BCUT2D eigenvalue weighted by atomic mass is 35.5. The van der Waals surface area contributed by atoms with Gasteiger partial charge in [-0.15, -0.1) is 0 Å². The number of sulfonamides is 1. The Bertz CT molecular complexity index is 717. The second-order valence-corrected chi connectivity index (χ2v) is 9.86. The fraction of sp³-hybridized carbons (Fsp3) is 0.632. The van der Waals surface area contributed by atoms with Crippen molar-refractivity contribution in [3.63, 3.8) is 0 Å². The normalized spacial score (nSPS) is 13.5. The summed E-state index contributed by atoms with van der Waals surface area (Å²) in [7, 11) is -2.15. The van der Waals surface area contributed by atoms with Gasteiger partial charge < -0.3 is 5.32 Å². The van der Waals surface area contributed by atoms with E-state index in [2.05, 4.69) is 19.2 Å². The number of hydrogen-bond donors (Lipinski definition) is 1. The van der Waals surface area contributed by atoms with Gasteiger partial charge in [0.05, 0.1) is 15.5 Å². The second-order valence-electron chi connectivity index (χ2n) is 7.46. The van der Waals surface area contributed by atoms with Crippen molar-refractivity contribution in [1.29, 1.82) is 0 Å². The zero-order chi connectivity index (χ0) is 20.1. The van der Waals surface area contributed by atoms with Gasteiger partial charge in [0, 0.05) is 19.1 Å². The number of amides is 1. The van der Waals surface area contributed by atoms with E-state index >= 15 is 0 Å². The van der Waals surface area contributed by atoms with Gasteiger partial charge in [0.2, 0.25) is 10.0 Å². The maximum atomic E-state index is 12.6. The van der Waals surface area contributed by atoms with Crippen molar-refractivity contribution in [3.8, 4) is 0 Å². The Balaban J connectivity index is 2.95. The van der Waals surface area contributed by atoms with Gasteiger partial charge in [-0.2, -0.15) is 4.31 Å². The van der Waals surface area contributed by atoms with Crippen LogP contribution in [0.15, 0.2) is 23.1 Å². The molecular weight excluding hydrogens is 372 g/mol. The molecule has 0 aliphatic carbocycles. The molecular formula is C19H31ClN2O3S. The Morgan fingerprint density at radius 3 is 2.31 bits per heavy atom. The molecule has 1 unspecified atom stereocenters. The third kappa shape index (κ3) is 6.25. The van der Waals surface area contributed by atoms with Crippen molar-refractivity contribution in [2.75, 3.05) is 7.05 Å². The Morgan fingerprint density at radius 2 is 1.77 bits per heavy atom. The van der Waals surface area contributed by atoms with Crippen LogP contribution in [0.3, 0.4) is 0 Å². The number of carbonyl (C=O) groups excluding carboxylic acids is 1. The average molecular weight is 403 g/mol. The molecule has 0 saturated carbocycles. The summed E-state index contributed by atoms with van der Waals surface area (Å²) in [6.07, 6.45) is 3.01. The van der Waals surface area contributed by atoms with Gasteiger partial charge in [-0.05, 0) is 51.3 Å². The number of nitrogens with one attached hydrogen (secondary N) is 1. The molecule has 0 aliphatic heterocycles. The van der Waals surface area contributed by atoms with E-state index in [1.54, 1.807) is 13.8 Å². The summed E-state index contributed by atoms with van der Waals surface area (Å²) in [6, 6.07) is 4.05. The van der Waals surface area contributed by atoms with E-state index in [1.165, 1.54) is 29.6 Å². The van der Waals surface area contributed by atoms with E-state index in [9.17, 15) is 13.2 Å². The van der Waals surface area contributed by atoms with Crippen LogP contribution in [0.5, 0.6) is 0 Å². The number of carbonyl (C=O) groups is 1. The Kier molecular flexibility index (Phi) is 8.57. The van der Waals surface area contributed by atoms with Gasteiger partial charge in [-0.3, -0.25) is 4.79 Å². The van der Waals surface area contributed by atoms with Crippen LogP contribution in [0.25, 0.3) is 0 Å². The summed E-state index contributed by atoms with van der Waals surface area (Å²) in [4.78, 5) is 12.6. The van der Waals surface area contributed by atoms with Gasteiger partial charge in [-0.1, -0.05) is 38.3 Å². The molecule has 0 radical (unpaired) electrons. The first kappa shape index (κ1) is 22.9. The minimum Gasteiger partial charge on any atom is -0.350 e. The number of hydrogen-bond acceptors (Lipinski definition) is 3. The molecule has 1 aromatic rings. The number of nitrogens with zero attached hydrogens (tertiary/aromatic N) is 1. The maximum absolute atomic E-state index is 12.6. The minimum atomic E-state index is -3.67. The van der Waals surface area contributed by atoms with Gasteiger partial charge in [0.15, 0.2) is 0 Å². The smallest absolute Gasteiger partial charge is 0.253 e. The summed E-state index contributed by atoms with van der Waals surface area (Å²) in [6.45, 7) is 9.87. The van der Waals surface area contributed by atoms with Crippen LogP contribution in [0, 0.1) is 5.92 Å². The first-order valence-corrected chi connectivity index (χ1v) is 10.9. The topological polar surface area (TPSA) is 66.5 Å². The lowest BCUT2D eigenvalue weighted by Gasteiger charge is -2.21. The fourth-order valence-corrected chi connectivity index (χ4v) is 4.09. The molecule has 0 heterocycles. The lowest BCUT2D eigenvalue weighted by Crippen LogP contribution is -2.34. The van der Waals surface area contributed by atoms with E-state index in [4.69, 9.17) is 11.6 Å². The second kappa shape index (κ2) is 9.72. The molecule has 0 aliphatic rings. The third-order valence-corrected chi connectivity index (χ3v) is 6.74. The summed E-state index contributed by atoms with van der Waals surface area (Å²) in [5.74, 6) is 0.281. The van der Waals surface area contributed by atoms with Gasteiger partial charge in [0.1, 0.15) is 0 Å². The summed E-state index contributed by atoms with van der Waals surface area (Å²) in [5.41, 5.74) is 0.181. The third-order valence-electron chi connectivity index (χ3n) is 4.38. The minimum absolute atomic E-state index is 0.00378. The van der Waals surface area contributed by atoms with Crippen molar-refractivity contribution >= 4 is 27.5 Å². The van der Waals surface area contributed by atoms with Crippen LogP contribution in [-0.2, 0) is 10.0 Å². The maximum Gasteiger partial charge on any atom is 0.253 e. The summed E-state index contributed by atoms with van der Waals surface area (Å²) in [5, 5.41) is 3.15.